The molecule has 1 aliphatic carbocycles. The van der Waals surface area contributed by atoms with Gasteiger partial charge in [-0.05, 0) is 25.7 Å². The van der Waals surface area contributed by atoms with Crippen molar-refractivity contribution in [1.29, 1.82) is 0 Å². The van der Waals surface area contributed by atoms with Crippen LogP contribution in [0.4, 0.5) is 5.69 Å². The van der Waals surface area contributed by atoms with E-state index in [0.29, 0.717) is 18.2 Å². The van der Waals surface area contributed by atoms with Crippen LogP contribution in [-0.4, -0.2) is 28.4 Å². The predicted molar refractivity (Wildman–Crippen MR) is 75.9 cm³/mol. The number of nitrogens with zero attached hydrogens (tertiary/aromatic N) is 2. The van der Waals surface area contributed by atoms with E-state index in [1.807, 2.05) is 0 Å². The Bertz CT molecular complexity index is 519. The molecule has 7 nitrogen and oxygen atoms in total. The molecule has 1 fully saturated rings. The third-order valence-electron chi connectivity index (χ3n) is 3.29. The minimum atomic E-state index is -0.565. The Morgan fingerprint density at radius 2 is 2.30 bits per heavy atom. The topological polar surface area (TPSA) is 111 Å². The highest BCUT2D eigenvalue weighted by atomic mass is 35.5. The van der Waals surface area contributed by atoms with Crippen LogP contribution in [-0.2, 0) is 0 Å². The molecule has 0 radical (unpaired) electrons. The molecule has 1 aliphatic rings. The lowest BCUT2D eigenvalue weighted by Crippen LogP contribution is -2.42. The van der Waals surface area contributed by atoms with Crippen molar-refractivity contribution in [2.45, 2.75) is 25.8 Å². The van der Waals surface area contributed by atoms with Crippen LogP contribution in [0.1, 0.15) is 28.9 Å². The standard InChI is InChI=1S/C12H16N4O3.ClH/c1-7-10(4-9(6-14-7)16(18)19)12(17)15-11(5-13)8-2-3-8;/h4,6,8,11H,2-3,5,13H2,1H3,(H,15,17);1H. The van der Waals surface area contributed by atoms with Gasteiger partial charge in [-0.2, -0.15) is 0 Å². The fraction of sp³-hybridized carbons (Fsp3) is 0.500. The average molecular weight is 301 g/mol. The van der Waals surface area contributed by atoms with Gasteiger partial charge in [0.1, 0.15) is 6.20 Å². The Kier molecular flexibility index (Phi) is 5.41. The minimum absolute atomic E-state index is 0. The fourth-order valence-corrected chi connectivity index (χ4v) is 1.97. The largest absolute Gasteiger partial charge is 0.348 e. The summed E-state index contributed by atoms with van der Waals surface area (Å²) >= 11 is 0. The molecule has 1 saturated carbocycles. The lowest BCUT2D eigenvalue weighted by atomic mass is 10.1. The molecule has 0 spiro atoms. The number of aryl methyl sites for hydroxylation is 1. The predicted octanol–water partition coefficient (Wildman–Crippen LogP) is 1.19. The first-order valence-electron chi connectivity index (χ1n) is 6.15. The van der Waals surface area contributed by atoms with Gasteiger partial charge in [-0.15, -0.1) is 12.4 Å². The molecular weight excluding hydrogens is 284 g/mol. The van der Waals surface area contributed by atoms with Crippen LogP contribution in [0.15, 0.2) is 12.3 Å². The summed E-state index contributed by atoms with van der Waals surface area (Å²) in [7, 11) is 0. The summed E-state index contributed by atoms with van der Waals surface area (Å²) in [6, 6.07) is 1.18. The number of halogens is 1. The number of aromatic nitrogens is 1. The molecule has 2 rings (SSSR count). The molecule has 1 unspecified atom stereocenters. The number of amides is 1. The van der Waals surface area contributed by atoms with Gasteiger partial charge in [-0.3, -0.25) is 19.9 Å². The second-order valence-corrected chi connectivity index (χ2v) is 4.74. The maximum Gasteiger partial charge on any atom is 0.288 e. The van der Waals surface area contributed by atoms with Crippen LogP contribution in [0.25, 0.3) is 0 Å². The Morgan fingerprint density at radius 1 is 1.65 bits per heavy atom. The van der Waals surface area contributed by atoms with Gasteiger partial charge < -0.3 is 11.1 Å². The molecule has 1 amide bonds. The van der Waals surface area contributed by atoms with Crippen molar-refractivity contribution in [2.24, 2.45) is 11.7 Å². The van der Waals surface area contributed by atoms with Gasteiger partial charge in [0, 0.05) is 18.7 Å². The number of rotatable bonds is 5. The van der Waals surface area contributed by atoms with E-state index in [1.165, 1.54) is 6.07 Å². The maximum atomic E-state index is 12.1. The summed E-state index contributed by atoms with van der Waals surface area (Å²) in [5, 5.41) is 13.5. The molecule has 20 heavy (non-hydrogen) atoms. The molecule has 0 bridgehead atoms. The zero-order valence-corrected chi connectivity index (χ0v) is 11.9. The quantitative estimate of drug-likeness (QED) is 0.626. The van der Waals surface area contributed by atoms with Crippen molar-refractivity contribution < 1.29 is 9.72 Å². The van der Waals surface area contributed by atoms with E-state index in [9.17, 15) is 14.9 Å². The van der Waals surface area contributed by atoms with Gasteiger partial charge in [-0.25, -0.2) is 0 Å². The van der Waals surface area contributed by atoms with Gasteiger partial charge in [0.05, 0.1) is 16.2 Å². The number of nitro groups is 1. The molecule has 3 N–H and O–H groups in total. The Morgan fingerprint density at radius 3 is 2.80 bits per heavy atom. The third kappa shape index (κ3) is 3.64. The Balaban J connectivity index is 0.00000200. The summed E-state index contributed by atoms with van der Waals surface area (Å²) in [6.45, 7) is 2.02. The Hall–Kier alpha value is -1.73. The highest BCUT2D eigenvalue weighted by Crippen LogP contribution is 2.32. The molecule has 0 aromatic carbocycles. The van der Waals surface area contributed by atoms with E-state index >= 15 is 0 Å². The zero-order valence-electron chi connectivity index (χ0n) is 11.0. The first kappa shape index (κ1) is 16.3. The fourth-order valence-electron chi connectivity index (χ4n) is 1.97. The van der Waals surface area contributed by atoms with Gasteiger partial charge in [0.25, 0.3) is 11.6 Å². The van der Waals surface area contributed by atoms with Crippen molar-refractivity contribution in [3.8, 4) is 0 Å². The highest BCUT2D eigenvalue weighted by molar-refractivity contribution is 5.96. The monoisotopic (exact) mass is 300 g/mol. The summed E-state index contributed by atoms with van der Waals surface area (Å²) < 4.78 is 0. The lowest BCUT2D eigenvalue weighted by Gasteiger charge is -2.16. The van der Waals surface area contributed by atoms with E-state index in [2.05, 4.69) is 10.3 Å². The molecule has 1 atom stereocenters. The van der Waals surface area contributed by atoms with E-state index in [-0.39, 0.29) is 35.6 Å². The van der Waals surface area contributed by atoms with Crippen molar-refractivity contribution in [3.63, 3.8) is 0 Å². The normalized spacial score (nSPS) is 15.1. The average Bonchev–Trinajstić information content (AvgIpc) is 3.20. The first-order valence-corrected chi connectivity index (χ1v) is 6.15. The summed E-state index contributed by atoms with van der Waals surface area (Å²) in [4.78, 5) is 26.1. The van der Waals surface area contributed by atoms with E-state index in [1.54, 1.807) is 6.92 Å². The number of carbonyl (C=O) groups is 1. The molecular formula is C12H17ClN4O3. The van der Waals surface area contributed by atoms with E-state index < -0.39 is 4.92 Å². The van der Waals surface area contributed by atoms with Crippen molar-refractivity contribution in [1.82, 2.24) is 10.3 Å². The van der Waals surface area contributed by atoms with Crippen molar-refractivity contribution >= 4 is 24.0 Å². The van der Waals surface area contributed by atoms with Gasteiger partial charge in [-0.1, -0.05) is 0 Å². The summed E-state index contributed by atoms with van der Waals surface area (Å²) in [5.41, 5.74) is 6.13. The molecule has 110 valence electrons. The van der Waals surface area contributed by atoms with Crippen LogP contribution < -0.4 is 11.1 Å². The first-order chi connectivity index (χ1) is 9.02. The number of carbonyl (C=O) groups excluding carboxylic acids is 1. The van der Waals surface area contributed by atoms with Gasteiger partial charge in [0.15, 0.2) is 0 Å². The van der Waals surface area contributed by atoms with E-state index in [0.717, 1.165) is 19.0 Å². The Labute approximate surface area is 122 Å². The van der Waals surface area contributed by atoms with Gasteiger partial charge >= 0.3 is 0 Å². The van der Waals surface area contributed by atoms with E-state index in [4.69, 9.17) is 5.73 Å². The number of nitrogens with one attached hydrogen (secondary N) is 1. The van der Waals surface area contributed by atoms with Gasteiger partial charge in [0.2, 0.25) is 0 Å². The molecule has 0 saturated heterocycles. The molecule has 1 aromatic heterocycles. The van der Waals surface area contributed by atoms with Crippen LogP contribution >= 0.6 is 12.4 Å². The smallest absolute Gasteiger partial charge is 0.288 e. The van der Waals surface area contributed by atoms with Crippen molar-refractivity contribution in [3.05, 3.63) is 33.6 Å². The second-order valence-electron chi connectivity index (χ2n) is 4.74. The molecule has 8 heteroatoms. The van der Waals surface area contributed by atoms with Crippen LogP contribution in [0.3, 0.4) is 0 Å². The number of hydrogen-bond acceptors (Lipinski definition) is 5. The maximum absolute atomic E-state index is 12.1. The number of hydrogen-bond donors (Lipinski definition) is 2. The molecule has 1 aromatic rings. The number of nitrogens with two attached hydrogens (primary N) is 1. The molecule has 1 heterocycles. The summed E-state index contributed by atoms with van der Waals surface area (Å²) in [5.74, 6) is 0.0805. The summed E-state index contributed by atoms with van der Waals surface area (Å²) in [6.07, 6.45) is 3.27. The lowest BCUT2D eigenvalue weighted by molar-refractivity contribution is -0.385. The van der Waals surface area contributed by atoms with Crippen molar-refractivity contribution in [2.75, 3.05) is 6.54 Å². The van der Waals surface area contributed by atoms with Crippen LogP contribution in [0, 0.1) is 23.0 Å². The number of pyridine rings is 1. The minimum Gasteiger partial charge on any atom is -0.348 e. The third-order valence-corrected chi connectivity index (χ3v) is 3.29. The SMILES string of the molecule is Cc1ncc([N+](=O)[O-])cc1C(=O)NC(CN)C1CC1.Cl. The zero-order chi connectivity index (χ0) is 14.0. The van der Waals surface area contributed by atoms with Crippen LogP contribution in [0.5, 0.6) is 0 Å². The second kappa shape index (κ2) is 6.62. The molecule has 0 aliphatic heterocycles. The highest BCUT2D eigenvalue weighted by Gasteiger charge is 2.31. The van der Waals surface area contributed by atoms with Crippen LogP contribution in [0.2, 0.25) is 0 Å².